The molecule has 0 unspecified atom stereocenters. The Morgan fingerprint density at radius 3 is 2.46 bits per heavy atom. The molecule has 2 rings (SSSR count). The van der Waals surface area contributed by atoms with Crippen LogP contribution >= 0.6 is 0 Å². The lowest BCUT2D eigenvalue weighted by molar-refractivity contribution is 0.630. The van der Waals surface area contributed by atoms with E-state index >= 15 is 0 Å². The minimum Gasteiger partial charge on any atom is -0.207 e. The molecule has 0 saturated heterocycles. The standard InChI is InChI=1S/C11H6FN/c12-11-4-3-9-5-8(7-13)1-2-10(9)6-11/h1-6H. The van der Waals surface area contributed by atoms with Crippen molar-refractivity contribution in [2.75, 3.05) is 0 Å². The largest absolute Gasteiger partial charge is 0.207 e. The van der Waals surface area contributed by atoms with Gasteiger partial charge < -0.3 is 0 Å². The third kappa shape index (κ3) is 1.36. The van der Waals surface area contributed by atoms with Gasteiger partial charge in [0.05, 0.1) is 11.6 Å². The Kier molecular flexibility index (Phi) is 1.71. The lowest BCUT2D eigenvalue weighted by Crippen LogP contribution is -1.78. The van der Waals surface area contributed by atoms with Crippen molar-refractivity contribution in [1.82, 2.24) is 0 Å². The van der Waals surface area contributed by atoms with Gasteiger partial charge in [-0.2, -0.15) is 5.26 Å². The first-order valence-corrected chi connectivity index (χ1v) is 3.89. The summed E-state index contributed by atoms with van der Waals surface area (Å²) >= 11 is 0. The molecule has 62 valence electrons. The third-order valence-corrected chi connectivity index (χ3v) is 1.93. The van der Waals surface area contributed by atoms with Crippen LogP contribution in [-0.2, 0) is 0 Å². The topological polar surface area (TPSA) is 23.8 Å². The normalized spacial score (nSPS) is 9.85. The van der Waals surface area contributed by atoms with Crippen molar-refractivity contribution >= 4 is 10.8 Å². The van der Waals surface area contributed by atoms with Crippen LogP contribution in [0.4, 0.5) is 4.39 Å². The molecule has 0 N–H and O–H groups in total. The van der Waals surface area contributed by atoms with Crippen molar-refractivity contribution in [1.29, 1.82) is 5.26 Å². The number of nitrogens with zero attached hydrogens (tertiary/aromatic N) is 1. The second kappa shape index (κ2) is 2.87. The fraction of sp³-hybridized carbons (Fsp3) is 0. The van der Waals surface area contributed by atoms with Crippen molar-refractivity contribution < 1.29 is 4.39 Å². The molecule has 0 amide bonds. The SMILES string of the molecule is N#Cc1ccc2cc(F)ccc2c1. The monoisotopic (exact) mass is 171 g/mol. The van der Waals surface area contributed by atoms with E-state index in [2.05, 4.69) is 0 Å². The fourth-order valence-electron chi connectivity index (χ4n) is 1.29. The minimum atomic E-state index is -0.253. The van der Waals surface area contributed by atoms with Crippen LogP contribution in [0.25, 0.3) is 10.8 Å². The molecule has 0 heterocycles. The molecule has 0 aromatic heterocycles. The van der Waals surface area contributed by atoms with Gasteiger partial charge in [-0.25, -0.2) is 4.39 Å². The number of halogens is 1. The number of rotatable bonds is 0. The maximum atomic E-state index is 12.8. The van der Waals surface area contributed by atoms with E-state index in [1.807, 2.05) is 6.07 Å². The number of nitriles is 1. The van der Waals surface area contributed by atoms with Crippen LogP contribution in [0.2, 0.25) is 0 Å². The molecule has 2 aromatic rings. The van der Waals surface area contributed by atoms with Crippen molar-refractivity contribution in [3.05, 3.63) is 47.8 Å². The quantitative estimate of drug-likeness (QED) is 0.597. The summed E-state index contributed by atoms with van der Waals surface area (Å²) in [5.41, 5.74) is 0.596. The maximum absolute atomic E-state index is 12.8. The average molecular weight is 171 g/mol. The molecule has 0 saturated carbocycles. The molecule has 1 nitrogen and oxygen atoms in total. The third-order valence-electron chi connectivity index (χ3n) is 1.93. The first-order chi connectivity index (χ1) is 6.29. The van der Waals surface area contributed by atoms with Crippen LogP contribution in [0.15, 0.2) is 36.4 Å². The van der Waals surface area contributed by atoms with Crippen LogP contribution in [0.3, 0.4) is 0 Å². The van der Waals surface area contributed by atoms with Crippen LogP contribution in [0, 0.1) is 17.1 Å². The van der Waals surface area contributed by atoms with Crippen LogP contribution in [0.5, 0.6) is 0 Å². The Balaban J connectivity index is 2.75. The lowest BCUT2D eigenvalue weighted by Gasteiger charge is -1.97. The van der Waals surface area contributed by atoms with E-state index in [-0.39, 0.29) is 5.82 Å². The van der Waals surface area contributed by atoms with E-state index in [1.165, 1.54) is 12.1 Å². The Labute approximate surface area is 75.0 Å². The summed E-state index contributed by atoms with van der Waals surface area (Å²) in [6.45, 7) is 0. The van der Waals surface area contributed by atoms with Gasteiger partial charge in [0.15, 0.2) is 0 Å². The van der Waals surface area contributed by atoms with Crippen LogP contribution < -0.4 is 0 Å². The summed E-state index contributed by atoms with van der Waals surface area (Å²) in [5.74, 6) is -0.253. The molecule has 0 fully saturated rings. The highest BCUT2D eigenvalue weighted by molar-refractivity contribution is 5.83. The molecule has 0 spiro atoms. The van der Waals surface area contributed by atoms with E-state index in [0.717, 1.165) is 10.8 Å². The number of hydrogen-bond acceptors (Lipinski definition) is 1. The van der Waals surface area contributed by atoms with Crippen molar-refractivity contribution in [3.63, 3.8) is 0 Å². The smallest absolute Gasteiger partial charge is 0.123 e. The summed E-state index contributed by atoms with van der Waals surface area (Å²) in [5, 5.41) is 10.3. The summed E-state index contributed by atoms with van der Waals surface area (Å²) in [6, 6.07) is 11.7. The lowest BCUT2D eigenvalue weighted by atomic mass is 10.1. The van der Waals surface area contributed by atoms with Crippen molar-refractivity contribution in [2.45, 2.75) is 0 Å². The van der Waals surface area contributed by atoms with Crippen molar-refractivity contribution in [2.24, 2.45) is 0 Å². The number of fused-ring (bicyclic) bond motifs is 1. The molecular formula is C11H6FN. The molecule has 13 heavy (non-hydrogen) atoms. The molecule has 0 atom stereocenters. The highest BCUT2D eigenvalue weighted by Crippen LogP contribution is 2.16. The highest BCUT2D eigenvalue weighted by Gasteiger charge is 1.96. The zero-order chi connectivity index (χ0) is 9.26. The molecule has 0 bridgehead atoms. The van der Waals surface area contributed by atoms with Gasteiger partial charge in [-0.3, -0.25) is 0 Å². The van der Waals surface area contributed by atoms with Crippen LogP contribution in [-0.4, -0.2) is 0 Å². The summed E-state index contributed by atoms with van der Waals surface area (Å²) in [7, 11) is 0. The van der Waals surface area contributed by atoms with E-state index in [4.69, 9.17) is 5.26 Å². The van der Waals surface area contributed by atoms with E-state index in [9.17, 15) is 4.39 Å². The molecule has 2 aromatic carbocycles. The van der Waals surface area contributed by atoms with Gasteiger partial charge in [-0.15, -0.1) is 0 Å². The zero-order valence-corrected chi connectivity index (χ0v) is 6.79. The number of benzene rings is 2. The van der Waals surface area contributed by atoms with Gasteiger partial charge >= 0.3 is 0 Å². The van der Waals surface area contributed by atoms with Gasteiger partial charge in [-0.05, 0) is 35.0 Å². The molecule has 0 radical (unpaired) electrons. The highest BCUT2D eigenvalue weighted by atomic mass is 19.1. The average Bonchev–Trinajstić information content (AvgIpc) is 2.17. The summed E-state index contributed by atoms with van der Waals surface area (Å²) in [4.78, 5) is 0. The van der Waals surface area contributed by atoms with E-state index in [1.54, 1.807) is 24.3 Å². The van der Waals surface area contributed by atoms with E-state index in [0.29, 0.717) is 5.56 Å². The van der Waals surface area contributed by atoms with Crippen molar-refractivity contribution in [3.8, 4) is 6.07 Å². The van der Waals surface area contributed by atoms with Crippen LogP contribution in [0.1, 0.15) is 5.56 Å². The fourth-order valence-corrected chi connectivity index (χ4v) is 1.29. The van der Waals surface area contributed by atoms with Gasteiger partial charge in [0, 0.05) is 0 Å². The van der Waals surface area contributed by atoms with Gasteiger partial charge in [-0.1, -0.05) is 12.1 Å². The summed E-state index contributed by atoms with van der Waals surface area (Å²) < 4.78 is 12.8. The van der Waals surface area contributed by atoms with Gasteiger partial charge in [0.2, 0.25) is 0 Å². The van der Waals surface area contributed by atoms with Gasteiger partial charge in [0.25, 0.3) is 0 Å². The molecule has 0 aliphatic carbocycles. The van der Waals surface area contributed by atoms with E-state index < -0.39 is 0 Å². The Morgan fingerprint density at radius 1 is 1.00 bits per heavy atom. The Morgan fingerprint density at radius 2 is 1.69 bits per heavy atom. The zero-order valence-electron chi connectivity index (χ0n) is 6.79. The number of hydrogen-bond donors (Lipinski definition) is 0. The predicted octanol–water partition coefficient (Wildman–Crippen LogP) is 2.85. The maximum Gasteiger partial charge on any atom is 0.123 e. The minimum absolute atomic E-state index is 0.253. The Hall–Kier alpha value is -1.88. The van der Waals surface area contributed by atoms with Gasteiger partial charge in [0.1, 0.15) is 5.82 Å². The molecule has 0 aliphatic rings. The molecular weight excluding hydrogens is 165 g/mol. The predicted molar refractivity (Wildman–Crippen MR) is 48.6 cm³/mol. The summed E-state index contributed by atoms with van der Waals surface area (Å²) in [6.07, 6.45) is 0. The molecule has 2 heteroatoms. The Bertz CT molecular complexity index is 497. The molecule has 0 aliphatic heterocycles. The first kappa shape index (κ1) is 7.75. The first-order valence-electron chi connectivity index (χ1n) is 3.89. The second-order valence-electron chi connectivity index (χ2n) is 2.82. The second-order valence-corrected chi connectivity index (χ2v) is 2.82.